The first-order valence-corrected chi connectivity index (χ1v) is 6.55. The number of esters is 1. The zero-order valence-electron chi connectivity index (χ0n) is 11.0. The van der Waals surface area contributed by atoms with E-state index in [9.17, 15) is 14.4 Å². The third kappa shape index (κ3) is 3.31. The number of amides is 2. The van der Waals surface area contributed by atoms with Gasteiger partial charge in [0.1, 0.15) is 5.00 Å². The maximum absolute atomic E-state index is 11.7. The van der Waals surface area contributed by atoms with Gasteiger partial charge >= 0.3 is 5.97 Å². The van der Waals surface area contributed by atoms with E-state index in [1.165, 1.54) is 7.11 Å². The molecule has 0 fully saturated rings. The molecule has 0 bridgehead atoms. The topological polar surface area (TPSA) is 98.5 Å². The van der Waals surface area contributed by atoms with E-state index < -0.39 is 11.9 Å². The van der Waals surface area contributed by atoms with Gasteiger partial charge < -0.3 is 15.8 Å². The zero-order valence-corrected chi connectivity index (χ0v) is 11.8. The average Bonchev–Trinajstić information content (AvgIpc) is 2.65. The summed E-state index contributed by atoms with van der Waals surface area (Å²) in [4.78, 5) is 34.8. The molecule has 1 rings (SSSR count). The fourth-order valence-corrected chi connectivity index (χ4v) is 2.66. The molecule has 0 aliphatic carbocycles. The normalized spacial score (nSPS) is 10.1. The van der Waals surface area contributed by atoms with Crippen LogP contribution < -0.4 is 11.1 Å². The van der Waals surface area contributed by atoms with E-state index in [1.54, 1.807) is 6.92 Å². The van der Waals surface area contributed by atoms with Crippen LogP contribution in [0.4, 0.5) is 5.00 Å². The van der Waals surface area contributed by atoms with Crippen molar-refractivity contribution in [3.05, 3.63) is 16.0 Å². The minimum atomic E-state index is -0.636. The lowest BCUT2D eigenvalue weighted by atomic mass is 10.1. The van der Waals surface area contributed by atoms with Crippen LogP contribution in [-0.2, 0) is 9.53 Å². The van der Waals surface area contributed by atoms with Crippen molar-refractivity contribution >= 4 is 34.1 Å². The molecule has 104 valence electrons. The first-order chi connectivity index (χ1) is 8.92. The Kier molecular flexibility index (Phi) is 5.05. The lowest BCUT2D eigenvalue weighted by Gasteiger charge is -2.05. The van der Waals surface area contributed by atoms with Gasteiger partial charge in [0.15, 0.2) is 0 Å². The fraction of sp³-hybridized carbons (Fsp3) is 0.417. The van der Waals surface area contributed by atoms with Crippen LogP contribution >= 0.6 is 11.3 Å². The summed E-state index contributed by atoms with van der Waals surface area (Å²) in [5.41, 5.74) is 5.85. The smallest absolute Gasteiger partial charge is 0.341 e. The van der Waals surface area contributed by atoms with Crippen LogP contribution in [0.5, 0.6) is 0 Å². The number of rotatable bonds is 5. The van der Waals surface area contributed by atoms with Gasteiger partial charge in [-0.25, -0.2) is 4.79 Å². The highest BCUT2D eigenvalue weighted by Gasteiger charge is 2.24. The van der Waals surface area contributed by atoms with Crippen molar-refractivity contribution in [2.24, 2.45) is 5.73 Å². The summed E-state index contributed by atoms with van der Waals surface area (Å²) < 4.78 is 4.66. The molecule has 1 aromatic rings. The van der Waals surface area contributed by atoms with E-state index in [0.717, 1.165) is 11.3 Å². The number of hydrogen-bond donors (Lipinski definition) is 2. The van der Waals surface area contributed by atoms with Gasteiger partial charge in [-0.3, -0.25) is 9.59 Å². The Morgan fingerprint density at radius 1 is 1.37 bits per heavy atom. The van der Waals surface area contributed by atoms with Crippen molar-refractivity contribution in [1.29, 1.82) is 0 Å². The number of nitrogens with one attached hydrogen (secondary N) is 1. The summed E-state index contributed by atoms with van der Waals surface area (Å²) >= 11 is 0.985. The fourth-order valence-electron chi connectivity index (χ4n) is 1.60. The highest BCUT2D eigenvalue weighted by molar-refractivity contribution is 7.18. The molecule has 1 heterocycles. The van der Waals surface area contributed by atoms with Crippen LogP contribution in [0, 0.1) is 6.92 Å². The van der Waals surface area contributed by atoms with Crippen molar-refractivity contribution < 1.29 is 19.1 Å². The first-order valence-electron chi connectivity index (χ1n) is 5.73. The van der Waals surface area contributed by atoms with Crippen LogP contribution in [0.1, 0.15) is 45.4 Å². The molecule has 7 heteroatoms. The second-order valence-electron chi connectivity index (χ2n) is 3.91. The highest BCUT2D eigenvalue weighted by atomic mass is 32.1. The maximum Gasteiger partial charge on any atom is 0.341 e. The maximum atomic E-state index is 11.7. The zero-order chi connectivity index (χ0) is 14.6. The molecule has 0 aliphatic rings. The third-order valence-corrected chi connectivity index (χ3v) is 3.71. The number of carbonyl (C=O) groups is 3. The molecule has 1 aromatic heterocycles. The number of thiophene rings is 1. The quantitative estimate of drug-likeness (QED) is 0.803. The molecule has 0 unspecified atom stereocenters. The number of anilines is 1. The van der Waals surface area contributed by atoms with Gasteiger partial charge in [0, 0.05) is 6.42 Å². The summed E-state index contributed by atoms with van der Waals surface area (Å²) in [6.45, 7) is 3.47. The predicted molar refractivity (Wildman–Crippen MR) is 72.5 cm³/mol. The van der Waals surface area contributed by atoms with Gasteiger partial charge in [0.05, 0.1) is 17.6 Å². The number of carbonyl (C=O) groups excluding carboxylic acids is 3. The van der Waals surface area contributed by atoms with Gasteiger partial charge in [0.25, 0.3) is 5.91 Å². The van der Waals surface area contributed by atoms with Gasteiger partial charge in [-0.05, 0) is 18.9 Å². The van der Waals surface area contributed by atoms with Crippen molar-refractivity contribution in [2.45, 2.75) is 26.7 Å². The van der Waals surface area contributed by atoms with E-state index in [1.807, 2.05) is 6.92 Å². The lowest BCUT2D eigenvalue weighted by Crippen LogP contribution is -2.13. The number of ether oxygens (including phenoxy) is 1. The van der Waals surface area contributed by atoms with Crippen LogP contribution in [0.25, 0.3) is 0 Å². The summed E-state index contributed by atoms with van der Waals surface area (Å²) in [6.07, 6.45) is 1.02. The SMILES string of the molecule is CCCC(=O)Nc1sc(C(N)=O)c(C)c1C(=O)OC. The Morgan fingerprint density at radius 2 is 2.00 bits per heavy atom. The summed E-state index contributed by atoms with van der Waals surface area (Å²) in [6, 6.07) is 0. The van der Waals surface area contributed by atoms with Gasteiger partial charge in [-0.1, -0.05) is 6.92 Å². The second-order valence-corrected chi connectivity index (χ2v) is 4.93. The molecule has 0 aromatic carbocycles. The largest absolute Gasteiger partial charge is 0.465 e. The molecular weight excluding hydrogens is 268 g/mol. The van der Waals surface area contributed by atoms with E-state index >= 15 is 0 Å². The molecule has 2 amide bonds. The van der Waals surface area contributed by atoms with E-state index in [-0.39, 0.29) is 16.3 Å². The summed E-state index contributed by atoms with van der Waals surface area (Å²) in [5, 5.41) is 2.92. The summed E-state index contributed by atoms with van der Waals surface area (Å²) in [7, 11) is 1.24. The second kappa shape index (κ2) is 6.33. The minimum absolute atomic E-state index is 0.186. The number of hydrogen-bond acceptors (Lipinski definition) is 5. The van der Waals surface area contributed by atoms with Crippen molar-refractivity contribution in [2.75, 3.05) is 12.4 Å². The Balaban J connectivity index is 3.21. The molecular formula is C12H16N2O4S. The molecule has 3 N–H and O–H groups in total. The van der Waals surface area contributed by atoms with E-state index in [4.69, 9.17) is 5.73 Å². The van der Waals surface area contributed by atoms with Crippen molar-refractivity contribution in [3.8, 4) is 0 Å². The van der Waals surface area contributed by atoms with Crippen molar-refractivity contribution in [3.63, 3.8) is 0 Å². The molecule has 0 aliphatic heterocycles. The Hall–Kier alpha value is -1.89. The number of nitrogens with two attached hydrogens (primary N) is 1. The molecule has 0 saturated carbocycles. The third-order valence-electron chi connectivity index (χ3n) is 2.49. The molecule has 0 atom stereocenters. The van der Waals surface area contributed by atoms with Gasteiger partial charge in [-0.2, -0.15) is 0 Å². The minimum Gasteiger partial charge on any atom is -0.465 e. The van der Waals surface area contributed by atoms with Gasteiger partial charge in [0.2, 0.25) is 5.91 Å². The molecule has 0 spiro atoms. The van der Waals surface area contributed by atoms with E-state index in [0.29, 0.717) is 23.4 Å². The molecule has 6 nitrogen and oxygen atoms in total. The van der Waals surface area contributed by atoms with Crippen LogP contribution in [0.3, 0.4) is 0 Å². The summed E-state index contributed by atoms with van der Waals surface area (Å²) in [5.74, 6) is -1.46. The number of primary amides is 1. The Morgan fingerprint density at radius 3 is 2.47 bits per heavy atom. The Bertz CT molecular complexity index is 522. The van der Waals surface area contributed by atoms with Crippen LogP contribution in [0.2, 0.25) is 0 Å². The molecule has 0 saturated heterocycles. The lowest BCUT2D eigenvalue weighted by molar-refractivity contribution is -0.116. The van der Waals surface area contributed by atoms with Gasteiger partial charge in [-0.15, -0.1) is 11.3 Å². The number of methoxy groups -OCH3 is 1. The monoisotopic (exact) mass is 284 g/mol. The average molecular weight is 284 g/mol. The highest BCUT2D eigenvalue weighted by Crippen LogP contribution is 2.33. The van der Waals surface area contributed by atoms with Crippen molar-refractivity contribution in [1.82, 2.24) is 0 Å². The predicted octanol–water partition coefficient (Wildman–Crippen LogP) is 1.68. The molecule has 0 radical (unpaired) electrons. The standard InChI is InChI=1S/C12H16N2O4S/c1-4-5-7(15)14-11-8(12(17)18-3)6(2)9(19-11)10(13)16/h4-5H2,1-3H3,(H2,13,16)(H,14,15). The molecule has 19 heavy (non-hydrogen) atoms. The Labute approximate surface area is 114 Å². The van der Waals surface area contributed by atoms with E-state index in [2.05, 4.69) is 10.1 Å². The van der Waals surface area contributed by atoms with Crippen LogP contribution in [-0.4, -0.2) is 24.9 Å². The first kappa shape index (κ1) is 15.2. The van der Waals surface area contributed by atoms with Crippen LogP contribution in [0.15, 0.2) is 0 Å².